The van der Waals surface area contributed by atoms with Crippen LogP contribution in [0, 0.1) is 17.8 Å². The topological polar surface area (TPSA) is 12.4 Å². The lowest BCUT2D eigenvalue weighted by Gasteiger charge is -2.38. The van der Waals surface area contributed by atoms with Crippen molar-refractivity contribution in [2.75, 3.05) is 0 Å². The molecule has 4 rings (SSSR count). The van der Waals surface area contributed by atoms with Crippen molar-refractivity contribution >= 4 is 23.1 Å². The van der Waals surface area contributed by atoms with Crippen LogP contribution in [0.15, 0.2) is 53.5 Å². The summed E-state index contributed by atoms with van der Waals surface area (Å²) in [5, 5.41) is 2.43. The van der Waals surface area contributed by atoms with Crippen LogP contribution in [0.25, 0.3) is 11.1 Å². The highest BCUT2D eigenvalue weighted by Crippen LogP contribution is 2.44. The molecule has 2 aliphatic carbocycles. The van der Waals surface area contributed by atoms with E-state index >= 15 is 0 Å². The van der Waals surface area contributed by atoms with Crippen molar-refractivity contribution in [2.24, 2.45) is 22.7 Å². The Morgan fingerprint density at radius 1 is 0.767 bits per heavy atom. The summed E-state index contributed by atoms with van der Waals surface area (Å²) in [6.07, 6.45) is 14.5. The van der Waals surface area contributed by atoms with Gasteiger partial charge >= 0.3 is 0 Å². The van der Waals surface area contributed by atoms with Gasteiger partial charge in [-0.15, -0.1) is 0 Å². The summed E-state index contributed by atoms with van der Waals surface area (Å²) in [5.74, 6) is 3.81. The lowest BCUT2D eigenvalue weighted by Crippen LogP contribution is -2.25. The van der Waals surface area contributed by atoms with Crippen molar-refractivity contribution in [2.45, 2.75) is 77.0 Å². The fourth-order valence-corrected chi connectivity index (χ4v) is 6.11. The van der Waals surface area contributed by atoms with Gasteiger partial charge < -0.3 is 0 Å². The number of nitrogens with zero attached hydrogens (tertiary/aromatic N) is 1. The molecule has 158 valence electrons. The summed E-state index contributed by atoms with van der Waals surface area (Å²) in [6, 6.07) is 17.5. The van der Waals surface area contributed by atoms with Gasteiger partial charge in [-0.2, -0.15) is 4.99 Å². The first-order valence-corrected chi connectivity index (χ1v) is 12.5. The number of thiocarbonyl (C=S) groups is 1. The lowest BCUT2D eigenvalue weighted by atomic mass is 9.68. The Labute approximate surface area is 188 Å². The Bertz CT molecular complexity index is 831. The molecule has 2 heteroatoms. The number of aliphatic imine (C=N–C) groups is 1. The second-order valence-electron chi connectivity index (χ2n) is 9.55. The molecule has 0 radical (unpaired) electrons. The van der Waals surface area contributed by atoms with Crippen molar-refractivity contribution in [3.05, 3.63) is 54.1 Å². The molecule has 2 saturated carbocycles. The van der Waals surface area contributed by atoms with E-state index in [-0.39, 0.29) is 0 Å². The number of hydrogen-bond acceptors (Lipinski definition) is 2. The van der Waals surface area contributed by atoms with Crippen LogP contribution in [0.2, 0.25) is 0 Å². The highest BCUT2D eigenvalue weighted by molar-refractivity contribution is 7.78. The van der Waals surface area contributed by atoms with Crippen molar-refractivity contribution in [1.29, 1.82) is 0 Å². The third-order valence-electron chi connectivity index (χ3n) is 7.78. The molecule has 2 aromatic carbocycles. The Hall–Kier alpha value is -1.76. The van der Waals surface area contributed by atoms with Crippen LogP contribution in [-0.2, 0) is 0 Å². The Balaban J connectivity index is 1.30. The van der Waals surface area contributed by atoms with Crippen LogP contribution in [0.1, 0.15) is 82.6 Å². The van der Waals surface area contributed by atoms with Gasteiger partial charge in [-0.05, 0) is 103 Å². The number of benzene rings is 2. The molecule has 0 heterocycles. The van der Waals surface area contributed by atoms with Gasteiger partial charge in [-0.25, -0.2) is 0 Å². The average Bonchev–Trinajstić information content (AvgIpc) is 2.81. The zero-order valence-electron chi connectivity index (χ0n) is 18.4. The molecule has 0 bridgehead atoms. The van der Waals surface area contributed by atoms with Gasteiger partial charge in [0.15, 0.2) is 0 Å². The molecule has 0 unspecified atom stereocenters. The van der Waals surface area contributed by atoms with Gasteiger partial charge in [0.05, 0.1) is 10.8 Å². The van der Waals surface area contributed by atoms with E-state index in [4.69, 9.17) is 0 Å². The van der Waals surface area contributed by atoms with Crippen LogP contribution in [-0.4, -0.2) is 5.16 Å². The minimum absolute atomic E-state index is 0.756. The van der Waals surface area contributed by atoms with Gasteiger partial charge in [0.1, 0.15) is 0 Å². The molecule has 1 nitrogen and oxygen atoms in total. The Morgan fingerprint density at radius 3 is 1.83 bits per heavy atom. The van der Waals surface area contributed by atoms with Crippen LogP contribution < -0.4 is 0 Å². The van der Waals surface area contributed by atoms with E-state index < -0.39 is 0 Å². The van der Waals surface area contributed by atoms with E-state index in [1.54, 1.807) is 0 Å². The summed E-state index contributed by atoms with van der Waals surface area (Å²) in [6.45, 7) is 2.34. The Kier molecular flexibility index (Phi) is 7.52. The van der Waals surface area contributed by atoms with E-state index in [1.165, 1.54) is 80.9 Å². The quantitative estimate of drug-likeness (QED) is 0.337. The van der Waals surface area contributed by atoms with Gasteiger partial charge in [0, 0.05) is 0 Å². The van der Waals surface area contributed by atoms with Crippen LogP contribution in [0.4, 0.5) is 5.69 Å². The van der Waals surface area contributed by atoms with E-state index in [1.807, 2.05) is 12.1 Å². The first-order valence-electron chi connectivity index (χ1n) is 12.0. The highest BCUT2D eigenvalue weighted by atomic mass is 32.1. The van der Waals surface area contributed by atoms with E-state index in [9.17, 15) is 0 Å². The maximum Gasteiger partial charge on any atom is 0.0739 e. The number of isothiocyanates is 1. The fraction of sp³-hybridized carbons (Fsp3) is 0.536. The molecular formula is C28H35NS. The molecule has 0 spiro atoms. The van der Waals surface area contributed by atoms with E-state index in [0.717, 1.165) is 29.4 Å². The molecular weight excluding hydrogens is 382 g/mol. The summed E-state index contributed by atoms with van der Waals surface area (Å²) >= 11 is 4.68. The SMILES string of the molecule is CCCC1CCC(C2CCC(c3ccc(-c4ccc(N=C=S)cc4)cc3)CC2)CC1. The van der Waals surface area contributed by atoms with Crippen molar-refractivity contribution in [3.8, 4) is 11.1 Å². The minimum atomic E-state index is 0.756. The largest absolute Gasteiger partial charge is 0.195 e. The van der Waals surface area contributed by atoms with E-state index in [2.05, 4.69) is 65.7 Å². The fourth-order valence-electron chi connectivity index (χ4n) is 6.01. The molecule has 0 atom stereocenters. The molecule has 2 aliphatic rings. The average molecular weight is 418 g/mol. The van der Waals surface area contributed by atoms with Crippen LogP contribution >= 0.6 is 12.2 Å². The summed E-state index contributed by atoms with van der Waals surface area (Å²) in [4.78, 5) is 4.03. The molecule has 2 fully saturated rings. The molecule has 0 aromatic heterocycles. The molecule has 0 amide bonds. The first-order chi connectivity index (χ1) is 14.8. The maximum atomic E-state index is 4.68. The highest BCUT2D eigenvalue weighted by Gasteiger charge is 2.31. The number of rotatable bonds is 6. The van der Waals surface area contributed by atoms with E-state index in [0.29, 0.717) is 0 Å². The molecule has 0 N–H and O–H groups in total. The summed E-state index contributed by atoms with van der Waals surface area (Å²) < 4.78 is 0. The van der Waals surface area contributed by atoms with Crippen LogP contribution in [0.3, 0.4) is 0 Å². The third kappa shape index (κ3) is 5.29. The molecule has 0 aliphatic heterocycles. The van der Waals surface area contributed by atoms with Crippen molar-refractivity contribution in [3.63, 3.8) is 0 Å². The normalized spacial score (nSPS) is 26.7. The lowest BCUT2D eigenvalue weighted by molar-refractivity contribution is 0.156. The zero-order valence-corrected chi connectivity index (χ0v) is 19.2. The van der Waals surface area contributed by atoms with Crippen molar-refractivity contribution in [1.82, 2.24) is 0 Å². The smallest absolute Gasteiger partial charge is 0.0739 e. The van der Waals surface area contributed by atoms with Gasteiger partial charge in [-0.1, -0.05) is 69.0 Å². The van der Waals surface area contributed by atoms with Gasteiger partial charge in [0.25, 0.3) is 0 Å². The summed E-state index contributed by atoms with van der Waals surface area (Å²) in [5.41, 5.74) is 4.90. The Morgan fingerprint density at radius 2 is 1.30 bits per heavy atom. The zero-order chi connectivity index (χ0) is 20.8. The standard InChI is InChI=1S/C28H35NS/c1-2-3-21-4-6-22(7-5-21)23-8-10-24(11-9-23)25-12-14-26(15-13-25)27-16-18-28(19-17-27)29-20-30/h12-19,21-24H,2-11H2,1H3. The summed E-state index contributed by atoms with van der Waals surface area (Å²) in [7, 11) is 0. The monoisotopic (exact) mass is 417 g/mol. The van der Waals surface area contributed by atoms with Gasteiger partial charge in [0.2, 0.25) is 0 Å². The second kappa shape index (κ2) is 10.5. The van der Waals surface area contributed by atoms with Crippen molar-refractivity contribution < 1.29 is 0 Å². The molecule has 0 saturated heterocycles. The third-order valence-corrected chi connectivity index (χ3v) is 7.88. The first kappa shape index (κ1) is 21.5. The molecule has 30 heavy (non-hydrogen) atoms. The predicted molar refractivity (Wildman–Crippen MR) is 132 cm³/mol. The van der Waals surface area contributed by atoms with Gasteiger partial charge in [-0.3, -0.25) is 0 Å². The van der Waals surface area contributed by atoms with Crippen LogP contribution in [0.5, 0.6) is 0 Å². The number of hydrogen-bond donors (Lipinski definition) is 0. The maximum absolute atomic E-state index is 4.68. The molecule has 2 aromatic rings. The second-order valence-corrected chi connectivity index (χ2v) is 9.74. The minimum Gasteiger partial charge on any atom is -0.195 e. The predicted octanol–water partition coefficient (Wildman–Crippen LogP) is 8.97.